The van der Waals surface area contributed by atoms with Gasteiger partial charge in [0, 0.05) is 0 Å². The molecule has 0 saturated carbocycles. The smallest absolute Gasteiger partial charge is 0.325 e. The second-order valence-electron chi connectivity index (χ2n) is 3.91. The second kappa shape index (κ2) is 5.62. The first-order chi connectivity index (χ1) is 8.98. The van der Waals surface area contributed by atoms with Crippen molar-refractivity contribution in [1.82, 2.24) is 4.72 Å². The molecular formula is C10H11F5N2O2S. The van der Waals surface area contributed by atoms with E-state index in [0.717, 1.165) is 0 Å². The first kappa shape index (κ1) is 16.8. The van der Waals surface area contributed by atoms with Crippen molar-refractivity contribution in [3.8, 4) is 0 Å². The van der Waals surface area contributed by atoms with Crippen LogP contribution in [0.2, 0.25) is 0 Å². The molecule has 0 aromatic heterocycles. The minimum Gasteiger partial charge on any atom is -0.325 e. The van der Waals surface area contributed by atoms with Gasteiger partial charge in [-0.3, -0.25) is 0 Å². The highest BCUT2D eigenvalue weighted by atomic mass is 32.2. The SMILES string of the molecule is NCC(F)(F)CNS(=O)(=O)c1ccc(C(F)(F)F)cc1. The normalized spacial score (nSPS) is 13.5. The van der Waals surface area contributed by atoms with Gasteiger partial charge >= 0.3 is 6.18 Å². The van der Waals surface area contributed by atoms with Crippen molar-refractivity contribution < 1.29 is 30.4 Å². The van der Waals surface area contributed by atoms with E-state index in [1.165, 1.54) is 0 Å². The van der Waals surface area contributed by atoms with Crippen LogP contribution < -0.4 is 10.5 Å². The maximum Gasteiger partial charge on any atom is 0.416 e. The molecule has 114 valence electrons. The molecule has 20 heavy (non-hydrogen) atoms. The fraction of sp³-hybridized carbons (Fsp3) is 0.400. The molecule has 1 aromatic rings. The highest BCUT2D eigenvalue weighted by molar-refractivity contribution is 7.89. The topological polar surface area (TPSA) is 72.2 Å². The molecule has 0 radical (unpaired) electrons. The lowest BCUT2D eigenvalue weighted by atomic mass is 10.2. The van der Waals surface area contributed by atoms with E-state index in [4.69, 9.17) is 5.73 Å². The van der Waals surface area contributed by atoms with Gasteiger partial charge in [-0.15, -0.1) is 0 Å². The van der Waals surface area contributed by atoms with Gasteiger partial charge in [0.05, 0.1) is 23.5 Å². The summed E-state index contributed by atoms with van der Waals surface area (Å²) in [5, 5.41) is 0. The molecule has 4 nitrogen and oxygen atoms in total. The summed E-state index contributed by atoms with van der Waals surface area (Å²) in [6.07, 6.45) is -4.61. The average molecular weight is 318 g/mol. The summed E-state index contributed by atoms with van der Waals surface area (Å²) in [6.45, 7) is -2.28. The molecule has 0 amide bonds. The third-order valence-corrected chi connectivity index (χ3v) is 3.73. The third-order valence-electron chi connectivity index (χ3n) is 2.31. The van der Waals surface area contributed by atoms with E-state index in [2.05, 4.69) is 0 Å². The zero-order chi connectivity index (χ0) is 15.6. The molecule has 0 atom stereocenters. The molecule has 0 spiro atoms. The minimum atomic E-state index is -4.61. The van der Waals surface area contributed by atoms with Gasteiger partial charge in [-0.25, -0.2) is 21.9 Å². The Bertz CT molecular complexity index is 554. The lowest BCUT2D eigenvalue weighted by Crippen LogP contribution is -2.41. The van der Waals surface area contributed by atoms with Crippen LogP contribution in [0, 0.1) is 0 Å². The number of benzene rings is 1. The van der Waals surface area contributed by atoms with Crippen LogP contribution in [-0.4, -0.2) is 27.4 Å². The van der Waals surface area contributed by atoms with Crippen LogP contribution in [0.15, 0.2) is 29.2 Å². The fourth-order valence-electron chi connectivity index (χ4n) is 1.18. The van der Waals surface area contributed by atoms with Gasteiger partial charge in [0.15, 0.2) is 0 Å². The highest BCUT2D eigenvalue weighted by Crippen LogP contribution is 2.29. The number of rotatable bonds is 5. The predicted molar refractivity (Wildman–Crippen MR) is 60.6 cm³/mol. The molecule has 1 aromatic carbocycles. The van der Waals surface area contributed by atoms with Crippen molar-refractivity contribution in [3.05, 3.63) is 29.8 Å². The summed E-state index contributed by atoms with van der Waals surface area (Å²) in [5.41, 5.74) is 3.69. The van der Waals surface area contributed by atoms with Gasteiger partial charge in [0.1, 0.15) is 0 Å². The van der Waals surface area contributed by atoms with Crippen LogP contribution in [0.25, 0.3) is 0 Å². The first-order valence-electron chi connectivity index (χ1n) is 5.23. The number of halogens is 5. The standard InChI is InChI=1S/C10H11F5N2O2S/c11-9(12,5-16)6-17-20(18,19)8-3-1-7(2-4-8)10(13,14)15/h1-4,17H,5-6,16H2. The zero-order valence-electron chi connectivity index (χ0n) is 9.92. The molecule has 10 heteroatoms. The minimum absolute atomic E-state index is 0.543. The second-order valence-corrected chi connectivity index (χ2v) is 5.67. The largest absolute Gasteiger partial charge is 0.416 e. The Balaban J connectivity index is 2.89. The van der Waals surface area contributed by atoms with Crippen LogP contribution in [-0.2, 0) is 16.2 Å². The molecule has 0 aliphatic carbocycles. The molecule has 0 saturated heterocycles. The van der Waals surface area contributed by atoms with Crippen LogP contribution in [0.3, 0.4) is 0 Å². The molecule has 0 bridgehead atoms. The average Bonchev–Trinajstić information content (AvgIpc) is 2.36. The van der Waals surface area contributed by atoms with E-state index in [9.17, 15) is 30.4 Å². The number of hydrogen-bond acceptors (Lipinski definition) is 3. The third kappa shape index (κ3) is 4.39. The highest BCUT2D eigenvalue weighted by Gasteiger charge is 2.32. The molecule has 0 unspecified atom stereocenters. The lowest BCUT2D eigenvalue weighted by molar-refractivity contribution is -0.137. The monoisotopic (exact) mass is 318 g/mol. The zero-order valence-corrected chi connectivity index (χ0v) is 10.7. The fourth-order valence-corrected chi connectivity index (χ4v) is 2.24. The van der Waals surface area contributed by atoms with Crippen molar-refractivity contribution >= 4 is 10.0 Å². The number of sulfonamides is 1. The van der Waals surface area contributed by atoms with E-state index >= 15 is 0 Å². The molecule has 0 heterocycles. The Hall–Kier alpha value is -1.26. The van der Waals surface area contributed by atoms with Gasteiger partial charge in [-0.2, -0.15) is 13.2 Å². The lowest BCUT2D eigenvalue weighted by Gasteiger charge is -2.15. The van der Waals surface area contributed by atoms with Crippen molar-refractivity contribution in [2.45, 2.75) is 17.0 Å². The maximum absolute atomic E-state index is 12.8. The predicted octanol–water partition coefficient (Wildman–Crippen LogP) is 1.58. The number of nitrogens with one attached hydrogen (secondary N) is 1. The Labute approximate surface area is 111 Å². The van der Waals surface area contributed by atoms with E-state index in [-0.39, 0.29) is 0 Å². The van der Waals surface area contributed by atoms with Crippen LogP contribution >= 0.6 is 0 Å². The molecular weight excluding hydrogens is 307 g/mol. The van der Waals surface area contributed by atoms with E-state index in [1.807, 2.05) is 0 Å². The van der Waals surface area contributed by atoms with Gasteiger partial charge in [-0.1, -0.05) is 0 Å². The van der Waals surface area contributed by atoms with Crippen molar-refractivity contribution in [1.29, 1.82) is 0 Å². The Morgan fingerprint density at radius 2 is 1.55 bits per heavy atom. The summed E-state index contributed by atoms with van der Waals surface area (Å²) < 4.78 is 87.3. The Morgan fingerprint density at radius 1 is 1.05 bits per heavy atom. The van der Waals surface area contributed by atoms with E-state index < -0.39 is 45.7 Å². The number of alkyl halides is 5. The van der Waals surface area contributed by atoms with Gasteiger partial charge in [-0.05, 0) is 24.3 Å². The Morgan fingerprint density at radius 3 is 1.95 bits per heavy atom. The van der Waals surface area contributed by atoms with Gasteiger partial charge < -0.3 is 5.73 Å². The summed E-state index contributed by atoms with van der Waals surface area (Å²) in [4.78, 5) is -0.543. The van der Waals surface area contributed by atoms with Crippen molar-refractivity contribution in [3.63, 3.8) is 0 Å². The molecule has 3 N–H and O–H groups in total. The van der Waals surface area contributed by atoms with Crippen LogP contribution in [0.5, 0.6) is 0 Å². The quantitative estimate of drug-likeness (QED) is 0.810. The van der Waals surface area contributed by atoms with Crippen LogP contribution in [0.4, 0.5) is 22.0 Å². The Kier molecular flexibility index (Phi) is 4.72. The van der Waals surface area contributed by atoms with E-state index in [1.54, 1.807) is 4.72 Å². The number of hydrogen-bond donors (Lipinski definition) is 2. The maximum atomic E-state index is 12.8. The molecule has 0 aliphatic heterocycles. The molecule has 1 rings (SSSR count). The number of nitrogens with two attached hydrogens (primary N) is 1. The van der Waals surface area contributed by atoms with Crippen molar-refractivity contribution in [2.75, 3.05) is 13.1 Å². The molecule has 0 fully saturated rings. The molecule has 0 aliphatic rings. The van der Waals surface area contributed by atoms with Crippen LogP contribution in [0.1, 0.15) is 5.56 Å². The van der Waals surface area contributed by atoms with Gasteiger partial charge in [0.25, 0.3) is 5.92 Å². The summed E-state index contributed by atoms with van der Waals surface area (Å²) in [6, 6.07) is 2.47. The summed E-state index contributed by atoms with van der Waals surface area (Å²) in [5.74, 6) is -3.43. The van der Waals surface area contributed by atoms with Crippen molar-refractivity contribution in [2.24, 2.45) is 5.73 Å². The summed E-state index contributed by atoms with van der Waals surface area (Å²) in [7, 11) is -4.32. The summed E-state index contributed by atoms with van der Waals surface area (Å²) >= 11 is 0. The van der Waals surface area contributed by atoms with Gasteiger partial charge in [0.2, 0.25) is 10.0 Å². The first-order valence-corrected chi connectivity index (χ1v) is 6.71. The van der Waals surface area contributed by atoms with E-state index in [0.29, 0.717) is 24.3 Å².